The van der Waals surface area contributed by atoms with Crippen molar-refractivity contribution in [1.29, 1.82) is 0 Å². The summed E-state index contributed by atoms with van der Waals surface area (Å²) in [5.41, 5.74) is 5.44. The lowest BCUT2D eigenvalue weighted by Crippen LogP contribution is -2.42. The van der Waals surface area contributed by atoms with Crippen LogP contribution in [0.5, 0.6) is 0 Å². The van der Waals surface area contributed by atoms with Gasteiger partial charge in [0.25, 0.3) is 0 Å². The molecule has 0 aliphatic rings. The zero-order valence-electron chi connectivity index (χ0n) is 8.24. The van der Waals surface area contributed by atoms with Crippen LogP contribution in [0.25, 0.3) is 0 Å². The predicted molar refractivity (Wildman–Crippen MR) is 59.4 cm³/mol. The lowest BCUT2D eigenvalue weighted by atomic mass is 10.2. The molecule has 1 atom stereocenters. The Bertz CT molecular complexity index is 176. The fourth-order valence-corrected chi connectivity index (χ4v) is 1.12. The SMILES string of the molecule is N[C@@H](CS)C(=O)NCCCCCC=O. The number of carbonyl (C=O) groups excluding carboxylic acids is 2. The second kappa shape index (κ2) is 9.02. The molecule has 0 bridgehead atoms. The first-order valence-corrected chi connectivity index (χ1v) is 5.43. The zero-order valence-corrected chi connectivity index (χ0v) is 9.13. The Hall–Kier alpha value is -0.550. The molecule has 0 rings (SSSR count). The van der Waals surface area contributed by atoms with Gasteiger partial charge in [0.1, 0.15) is 6.29 Å². The van der Waals surface area contributed by atoms with E-state index in [4.69, 9.17) is 5.73 Å². The van der Waals surface area contributed by atoms with Crippen LogP contribution in [-0.2, 0) is 9.59 Å². The van der Waals surface area contributed by atoms with E-state index in [1.54, 1.807) is 0 Å². The Morgan fingerprint density at radius 3 is 2.71 bits per heavy atom. The van der Waals surface area contributed by atoms with Crippen molar-refractivity contribution in [2.24, 2.45) is 5.73 Å². The molecule has 0 aliphatic carbocycles. The molecule has 4 nitrogen and oxygen atoms in total. The number of nitrogens with one attached hydrogen (secondary N) is 1. The normalized spacial score (nSPS) is 12.1. The van der Waals surface area contributed by atoms with Gasteiger partial charge in [0.05, 0.1) is 6.04 Å². The second-order valence-electron chi connectivity index (χ2n) is 3.10. The molecule has 0 radical (unpaired) electrons. The molecule has 5 heteroatoms. The van der Waals surface area contributed by atoms with Crippen molar-refractivity contribution in [3.05, 3.63) is 0 Å². The van der Waals surface area contributed by atoms with E-state index in [9.17, 15) is 9.59 Å². The predicted octanol–water partition coefficient (Wildman–Crippen LogP) is 0.119. The molecule has 14 heavy (non-hydrogen) atoms. The van der Waals surface area contributed by atoms with Gasteiger partial charge in [0, 0.05) is 18.7 Å². The van der Waals surface area contributed by atoms with E-state index < -0.39 is 6.04 Å². The Labute approximate surface area is 90.0 Å². The van der Waals surface area contributed by atoms with Crippen LogP contribution in [0.1, 0.15) is 25.7 Å². The summed E-state index contributed by atoms with van der Waals surface area (Å²) in [5.74, 6) is 0.201. The maximum Gasteiger partial charge on any atom is 0.237 e. The Morgan fingerprint density at radius 1 is 1.43 bits per heavy atom. The summed E-state index contributed by atoms with van der Waals surface area (Å²) < 4.78 is 0. The largest absolute Gasteiger partial charge is 0.355 e. The third kappa shape index (κ3) is 6.91. The number of nitrogens with two attached hydrogens (primary N) is 1. The number of aldehydes is 1. The molecular formula is C9H18N2O2S. The quantitative estimate of drug-likeness (QED) is 0.308. The highest BCUT2D eigenvalue weighted by Crippen LogP contribution is 1.96. The van der Waals surface area contributed by atoms with E-state index in [0.29, 0.717) is 18.7 Å². The molecule has 0 saturated carbocycles. The number of hydrogen-bond acceptors (Lipinski definition) is 4. The van der Waals surface area contributed by atoms with Crippen molar-refractivity contribution in [2.75, 3.05) is 12.3 Å². The number of thiol groups is 1. The lowest BCUT2D eigenvalue weighted by Gasteiger charge is -2.08. The van der Waals surface area contributed by atoms with E-state index >= 15 is 0 Å². The average molecular weight is 218 g/mol. The molecule has 0 aliphatic heterocycles. The highest BCUT2D eigenvalue weighted by Gasteiger charge is 2.09. The standard InChI is InChI=1S/C9H18N2O2S/c10-8(7-14)9(13)11-5-3-1-2-4-6-12/h6,8,14H,1-5,7,10H2,(H,11,13)/t8-/m0/s1. The topological polar surface area (TPSA) is 72.2 Å². The second-order valence-corrected chi connectivity index (χ2v) is 3.46. The van der Waals surface area contributed by atoms with Gasteiger partial charge in [-0.25, -0.2) is 0 Å². The van der Waals surface area contributed by atoms with Gasteiger partial charge >= 0.3 is 0 Å². The summed E-state index contributed by atoms with van der Waals surface area (Å²) in [5, 5.41) is 2.71. The minimum Gasteiger partial charge on any atom is -0.355 e. The van der Waals surface area contributed by atoms with E-state index in [1.165, 1.54) is 0 Å². The summed E-state index contributed by atoms with van der Waals surface area (Å²) >= 11 is 3.92. The maximum absolute atomic E-state index is 11.1. The molecule has 3 N–H and O–H groups in total. The van der Waals surface area contributed by atoms with Crippen LogP contribution in [0, 0.1) is 0 Å². The van der Waals surface area contributed by atoms with E-state index in [2.05, 4.69) is 17.9 Å². The molecule has 0 aromatic heterocycles. The van der Waals surface area contributed by atoms with Crippen LogP contribution in [0.3, 0.4) is 0 Å². The maximum atomic E-state index is 11.1. The van der Waals surface area contributed by atoms with Crippen LogP contribution >= 0.6 is 12.6 Å². The molecule has 0 heterocycles. The molecule has 0 unspecified atom stereocenters. The van der Waals surface area contributed by atoms with Gasteiger partial charge in [-0.15, -0.1) is 0 Å². The highest BCUT2D eigenvalue weighted by molar-refractivity contribution is 7.80. The molecule has 0 fully saturated rings. The molecular weight excluding hydrogens is 200 g/mol. The molecule has 0 spiro atoms. The van der Waals surface area contributed by atoms with Crippen molar-refractivity contribution >= 4 is 24.8 Å². The third-order valence-electron chi connectivity index (χ3n) is 1.83. The summed E-state index contributed by atoms with van der Waals surface area (Å²) in [4.78, 5) is 21.1. The number of unbranched alkanes of at least 4 members (excludes halogenated alkanes) is 3. The Balaban J connectivity index is 3.27. The van der Waals surface area contributed by atoms with Gasteiger partial charge in [-0.3, -0.25) is 4.79 Å². The smallest absolute Gasteiger partial charge is 0.237 e. The number of hydrogen-bond donors (Lipinski definition) is 3. The fourth-order valence-electron chi connectivity index (χ4n) is 0.955. The average Bonchev–Trinajstić information content (AvgIpc) is 2.21. The van der Waals surface area contributed by atoms with Gasteiger partial charge in [0.15, 0.2) is 0 Å². The van der Waals surface area contributed by atoms with Crippen molar-refractivity contribution in [1.82, 2.24) is 5.32 Å². The molecule has 0 aromatic rings. The van der Waals surface area contributed by atoms with Crippen molar-refractivity contribution in [3.63, 3.8) is 0 Å². The Kier molecular flexibility index (Phi) is 8.67. The summed E-state index contributed by atoms with van der Waals surface area (Å²) in [6.45, 7) is 0.624. The van der Waals surface area contributed by atoms with Crippen LogP contribution in [0.4, 0.5) is 0 Å². The molecule has 0 saturated heterocycles. The monoisotopic (exact) mass is 218 g/mol. The van der Waals surface area contributed by atoms with Gasteiger partial charge in [0.2, 0.25) is 5.91 Å². The zero-order chi connectivity index (χ0) is 10.8. The van der Waals surface area contributed by atoms with Crippen LogP contribution < -0.4 is 11.1 Å². The van der Waals surface area contributed by atoms with E-state index in [1.807, 2.05) is 0 Å². The van der Waals surface area contributed by atoms with Crippen LogP contribution in [-0.4, -0.2) is 30.5 Å². The van der Waals surface area contributed by atoms with Crippen LogP contribution in [0.2, 0.25) is 0 Å². The summed E-state index contributed by atoms with van der Waals surface area (Å²) in [6, 6.07) is -0.520. The Morgan fingerprint density at radius 2 is 2.14 bits per heavy atom. The fraction of sp³-hybridized carbons (Fsp3) is 0.778. The molecule has 82 valence electrons. The first-order valence-electron chi connectivity index (χ1n) is 4.80. The van der Waals surface area contributed by atoms with Crippen molar-refractivity contribution < 1.29 is 9.59 Å². The van der Waals surface area contributed by atoms with Crippen LogP contribution in [0.15, 0.2) is 0 Å². The van der Waals surface area contributed by atoms with Gasteiger partial charge < -0.3 is 15.8 Å². The van der Waals surface area contributed by atoms with Crippen molar-refractivity contribution in [3.8, 4) is 0 Å². The van der Waals surface area contributed by atoms with Crippen molar-refractivity contribution in [2.45, 2.75) is 31.7 Å². The van der Waals surface area contributed by atoms with E-state index in [0.717, 1.165) is 25.5 Å². The third-order valence-corrected chi connectivity index (χ3v) is 2.22. The van der Waals surface area contributed by atoms with Gasteiger partial charge in [-0.2, -0.15) is 12.6 Å². The molecule has 0 aromatic carbocycles. The number of carbonyl (C=O) groups is 2. The minimum absolute atomic E-state index is 0.157. The number of amides is 1. The summed E-state index contributed by atoms with van der Waals surface area (Å²) in [6.07, 6.45) is 4.24. The first kappa shape index (κ1) is 13.4. The van der Waals surface area contributed by atoms with Gasteiger partial charge in [-0.05, 0) is 12.8 Å². The summed E-state index contributed by atoms with van der Waals surface area (Å²) in [7, 11) is 0. The van der Waals surface area contributed by atoms with Gasteiger partial charge in [-0.1, -0.05) is 6.42 Å². The highest BCUT2D eigenvalue weighted by atomic mass is 32.1. The number of rotatable bonds is 8. The van der Waals surface area contributed by atoms with E-state index in [-0.39, 0.29) is 5.91 Å². The minimum atomic E-state index is -0.520. The lowest BCUT2D eigenvalue weighted by molar-refractivity contribution is -0.121. The first-order chi connectivity index (χ1) is 6.72. The molecule has 1 amide bonds.